The molecule has 0 bridgehead atoms. The van der Waals surface area contributed by atoms with Gasteiger partial charge in [0, 0.05) is 24.6 Å². The van der Waals surface area contributed by atoms with E-state index in [1.165, 1.54) is 11.3 Å². The highest BCUT2D eigenvalue weighted by Crippen LogP contribution is 2.38. The highest BCUT2D eigenvalue weighted by atomic mass is 32.1. The summed E-state index contributed by atoms with van der Waals surface area (Å²) in [6.07, 6.45) is 0.282. The van der Waals surface area contributed by atoms with Gasteiger partial charge in [0.25, 0.3) is 5.91 Å². The van der Waals surface area contributed by atoms with Crippen LogP contribution in [-0.2, 0) is 9.53 Å². The quantitative estimate of drug-likeness (QED) is 0.784. The van der Waals surface area contributed by atoms with Crippen molar-refractivity contribution >= 4 is 23.2 Å². The average molecular weight is 389 g/mol. The lowest BCUT2D eigenvalue weighted by atomic mass is 10.1. The van der Waals surface area contributed by atoms with Gasteiger partial charge in [-0.3, -0.25) is 9.59 Å². The average Bonchev–Trinajstić information content (AvgIpc) is 3.26. The van der Waals surface area contributed by atoms with Gasteiger partial charge in [0.15, 0.2) is 0 Å². The first-order valence-corrected chi connectivity index (χ1v) is 9.72. The van der Waals surface area contributed by atoms with Crippen LogP contribution in [-0.4, -0.2) is 54.3 Å². The van der Waals surface area contributed by atoms with Crippen molar-refractivity contribution in [1.82, 2.24) is 4.90 Å². The summed E-state index contributed by atoms with van der Waals surface area (Å²) in [6.45, 7) is 2.71. The lowest BCUT2D eigenvalue weighted by Gasteiger charge is -2.23. The monoisotopic (exact) mass is 389 g/mol. The third kappa shape index (κ3) is 4.31. The van der Waals surface area contributed by atoms with Crippen molar-refractivity contribution in [2.75, 3.05) is 20.3 Å². The maximum Gasteiger partial charge on any atom is 0.305 e. The molecule has 1 aliphatic rings. The van der Waals surface area contributed by atoms with Gasteiger partial charge in [-0.05, 0) is 25.0 Å². The Kier molecular flexibility index (Phi) is 6.13. The molecular weight excluding hydrogens is 366 g/mol. The van der Waals surface area contributed by atoms with Gasteiger partial charge < -0.3 is 19.5 Å². The molecule has 1 aliphatic heterocycles. The predicted molar refractivity (Wildman–Crippen MR) is 103 cm³/mol. The van der Waals surface area contributed by atoms with Gasteiger partial charge in [-0.15, -0.1) is 11.3 Å². The Hall–Kier alpha value is -2.38. The summed E-state index contributed by atoms with van der Waals surface area (Å²) in [5, 5.41) is 9.19. The fourth-order valence-corrected chi connectivity index (χ4v) is 4.41. The number of benzene rings is 1. The first-order chi connectivity index (χ1) is 13.0. The summed E-state index contributed by atoms with van der Waals surface area (Å²) in [4.78, 5) is 27.5. The van der Waals surface area contributed by atoms with Crippen molar-refractivity contribution in [3.05, 3.63) is 41.3 Å². The number of rotatable bonds is 7. The van der Waals surface area contributed by atoms with Gasteiger partial charge in [-0.25, -0.2) is 0 Å². The highest BCUT2D eigenvalue weighted by Gasteiger charge is 2.38. The fourth-order valence-electron chi connectivity index (χ4n) is 3.35. The zero-order chi connectivity index (χ0) is 19.4. The predicted octanol–water partition coefficient (Wildman–Crippen LogP) is 3.52. The van der Waals surface area contributed by atoms with Gasteiger partial charge in [0.05, 0.1) is 19.1 Å². The minimum absolute atomic E-state index is 0.0908. The number of carbonyl (C=O) groups is 2. The smallest absolute Gasteiger partial charge is 0.305 e. The van der Waals surface area contributed by atoms with E-state index in [1.807, 2.05) is 43.3 Å². The second-order valence-electron chi connectivity index (χ2n) is 6.41. The lowest BCUT2D eigenvalue weighted by Crippen LogP contribution is -2.37. The molecule has 0 aliphatic carbocycles. The normalized spacial score (nSPS) is 19.3. The summed E-state index contributed by atoms with van der Waals surface area (Å²) in [7, 11) is 1.58. The summed E-state index contributed by atoms with van der Waals surface area (Å²) in [6, 6.07) is 11.3. The van der Waals surface area contributed by atoms with Crippen LogP contribution in [0, 0.1) is 0 Å². The van der Waals surface area contributed by atoms with Crippen LogP contribution in [0.2, 0.25) is 0 Å². The Balaban J connectivity index is 1.92. The van der Waals surface area contributed by atoms with Crippen LogP contribution in [0.5, 0.6) is 5.75 Å². The molecular formula is C20H23NO5S. The molecule has 144 valence electrons. The number of amides is 1. The van der Waals surface area contributed by atoms with Crippen molar-refractivity contribution < 1.29 is 24.2 Å². The molecule has 1 aromatic carbocycles. The zero-order valence-electron chi connectivity index (χ0n) is 15.4. The number of hydrogen-bond acceptors (Lipinski definition) is 5. The molecule has 1 N–H and O–H groups in total. The van der Waals surface area contributed by atoms with E-state index < -0.39 is 5.97 Å². The number of carbonyl (C=O) groups excluding carboxylic acids is 1. The lowest BCUT2D eigenvalue weighted by molar-refractivity contribution is -0.137. The van der Waals surface area contributed by atoms with Crippen molar-refractivity contribution in [2.45, 2.75) is 31.9 Å². The molecule has 0 saturated carbocycles. The Morgan fingerprint density at radius 1 is 1.30 bits per heavy atom. The molecule has 1 saturated heterocycles. The first kappa shape index (κ1) is 19.4. The minimum atomic E-state index is -0.921. The van der Waals surface area contributed by atoms with Crippen LogP contribution >= 0.6 is 11.3 Å². The molecule has 1 fully saturated rings. The summed E-state index contributed by atoms with van der Waals surface area (Å²) < 4.78 is 11.1. The van der Waals surface area contributed by atoms with Crippen molar-refractivity contribution in [3.8, 4) is 16.2 Å². The van der Waals surface area contributed by atoms with E-state index in [2.05, 4.69) is 0 Å². The third-order valence-corrected chi connectivity index (χ3v) is 5.78. The van der Waals surface area contributed by atoms with Crippen molar-refractivity contribution in [1.29, 1.82) is 0 Å². The number of likely N-dealkylation sites (tertiary alicyclic amines) is 1. The van der Waals surface area contributed by atoms with Gasteiger partial charge >= 0.3 is 5.97 Å². The molecule has 7 heteroatoms. The second-order valence-corrected chi connectivity index (χ2v) is 7.46. The third-order valence-electron chi connectivity index (χ3n) is 4.63. The topological polar surface area (TPSA) is 76.1 Å². The molecule has 2 heterocycles. The Morgan fingerprint density at radius 3 is 2.67 bits per heavy atom. The Bertz CT molecular complexity index is 804. The summed E-state index contributed by atoms with van der Waals surface area (Å²) in [5.41, 5.74) is 1.01. The molecule has 2 unspecified atom stereocenters. The first-order valence-electron chi connectivity index (χ1n) is 8.91. The van der Waals surface area contributed by atoms with Gasteiger partial charge in [-0.2, -0.15) is 0 Å². The number of aliphatic carboxylic acids is 1. The Morgan fingerprint density at radius 2 is 2.04 bits per heavy atom. The Labute approximate surface area is 162 Å². The van der Waals surface area contributed by atoms with Crippen molar-refractivity contribution in [2.24, 2.45) is 0 Å². The van der Waals surface area contributed by atoms with E-state index in [-0.39, 0.29) is 24.5 Å². The van der Waals surface area contributed by atoms with Gasteiger partial charge in [-0.1, -0.05) is 30.3 Å². The van der Waals surface area contributed by atoms with E-state index >= 15 is 0 Å². The molecule has 1 aromatic heterocycles. The number of methoxy groups -OCH3 is 1. The summed E-state index contributed by atoms with van der Waals surface area (Å²) >= 11 is 1.37. The number of ether oxygens (including phenoxy) is 2. The van der Waals surface area contributed by atoms with Crippen LogP contribution in [0.25, 0.3) is 10.4 Å². The molecule has 6 nitrogen and oxygen atoms in total. The maximum atomic E-state index is 13.2. The molecule has 0 radical (unpaired) electrons. The van der Waals surface area contributed by atoms with Gasteiger partial charge in [0.2, 0.25) is 0 Å². The van der Waals surface area contributed by atoms with Crippen molar-refractivity contribution in [3.63, 3.8) is 0 Å². The highest BCUT2D eigenvalue weighted by molar-refractivity contribution is 7.17. The second kappa shape index (κ2) is 8.54. The molecule has 1 amide bonds. The van der Waals surface area contributed by atoms with Crippen LogP contribution in [0.1, 0.15) is 29.4 Å². The molecule has 2 aromatic rings. The van der Waals surface area contributed by atoms with Gasteiger partial charge in [0.1, 0.15) is 10.6 Å². The van der Waals surface area contributed by atoms with Crippen LogP contribution < -0.4 is 4.74 Å². The molecule has 2 atom stereocenters. The number of thiophene rings is 1. The standard InChI is InChI=1S/C20H23NO5S/c1-3-26-16-11-17(13-7-5-4-6-8-13)27-19(16)20(24)21-12-15(25-2)9-14(21)10-18(22)23/h4-8,11,14-15H,3,9-10,12H2,1-2H3,(H,22,23). The number of nitrogens with zero attached hydrogens (tertiary/aromatic N) is 1. The molecule has 3 rings (SSSR count). The van der Waals surface area contributed by atoms with Crippen LogP contribution in [0.15, 0.2) is 36.4 Å². The van der Waals surface area contributed by atoms with Crippen LogP contribution in [0.4, 0.5) is 0 Å². The van der Waals surface area contributed by atoms with E-state index in [0.717, 1.165) is 10.4 Å². The zero-order valence-corrected chi connectivity index (χ0v) is 16.2. The minimum Gasteiger partial charge on any atom is -0.492 e. The number of carboxylic acids is 1. The maximum absolute atomic E-state index is 13.2. The largest absolute Gasteiger partial charge is 0.492 e. The molecule has 0 spiro atoms. The number of carboxylic acid groups (broad SMARTS) is 1. The molecule has 27 heavy (non-hydrogen) atoms. The van der Waals surface area contributed by atoms with E-state index in [9.17, 15) is 14.7 Å². The van der Waals surface area contributed by atoms with E-state index in [4.69, 9.17) is 9.47 Å². The number of hydrogen-bond donors (Lipinski definition) is 1. The van der Waals surface area contributed by atoms with E-state index in [0.29, 0.717) is 30.2 Å². The van der Waals surface area contributed by atoms with E-state index in [1.54, 1.807) is 12.0 Å². The fraction of sp³-hybridized carbons (Fsp3) is 0.400. The summed E-state index contributed by atoms with van der Waals surface area (Å²) in [5.74, 6) is -0.575. The SMILES string of the molecule is CCOc1cc(-c2ccccc2)sc1C(=O)N1CC(OC)CC1CC(=O)O. The van der Waals surface area contributed by atoms with Crippen LogP contribution in [0.3, 0.4) is 0 Å².